The lowest BCUT2D eigenvalue weighted by molar-refractivity contribution is -0.157. The maximum absolute atomic E-state index is 15.3. The molecule has 0 aliphatic carbocycles. The summed E-state index contributed by atoms with van der Waals surface area (Å²) in [6.07, 6.45) is 0.0763. The molecule has 4 atom stereocenters. The average molecular weight is 663 g/mol. The summed E-state index contributed by atoms with van der Waals surface area (Å²) in [5, 5.41) is 0. The van der Waals surface area contributed by atoms with Crippen LogP contribution in [0.4, 0.5) is 4.79 Å². The first kappa shape index (κ1) is 33.9. The van der Waals surface area contributed by atoms with Crippen molar-refractivity contribution in [1.29, 1.82) is 0 Å². The zero-order valence-electron chi connectivity index (χ0n) is 28.3. The van der Waals surface area contributed by atoms with Crippen LogP contribution in [0.3, 0.4) is 0 Å². The van der Waals surface area contributed by atoms with E-state index in [1.807, 2.05) is 72.2 Å². The minimum Gasteiger partial charge on any atom is -0.465 e. The molecule has 0 radical (unpaired) electrons. The molecule has 9 heteroatoms. The Morgan fingerprint density at radius 1 is 0.612 bits per heavy atom. The lowest BCUT2D eigenvalue weighted by Crippen LogP contribution is -2.51. The van der Waals surface area contributed by atoms with Crippen LogP contribution in [-0.4, -0.2) is 72.1 Å². The molecule has 0 unspecified atom stereocenters. The molecule has 0 aromatic heterocycles. The van der Waals surface area contributed by atoms with Crippen LogP contribution in [0.1, 0.15) is 56.8 Å². The van der Waals surface area contributed by atoms with Gasteiger partial charge in [0, 0.05) is 13.1 Å². The normalized spacial score (nSPS) is 21.5. The smallest absolute Gasteiger partial charge is 0.337 e. The Kier molecular flexibility index (Phi) is 10.1. The van der Waals surface area contributed by atoms with E-state index in [2.05, 4.69) is 24.3 Å². The van der Waals surface area contributed by atoms with Gasteiger partial charge in [0.25, 0.3) is 0 Å². The number of nitrogens with zero attached hydrogens (tertiary/aromatic N) is 2. The van der Waals surface area contributed by atoms with Crippen molar-refractivity contribution < 1.29 is 33.3 Å². The van der Waals surface area contributed by atoms with Gasteiger partial charge in [0.2, 0.25) is 0 Å². The molecule has 0 N–H and O–H groups in total. The maximum atomic E-state index is 15.3. The number of benzene rings is 4. The Labute approximate surface area is 287 Å². The number of hydrogen-bond acceptors (Lipinski definition) is 7. The van der Waals surface area contributed by atoms with Crippen molar-refractivity contribution in [3.05, 3.63) is 143 Å². The van der Waals surface area contributed by atoms with Gasteiger partial charge in [-0.05, 0) is 73.2 Å². The van der Waals surface area contributed by atoms with E-state index in [-0.39, 0.29) is 19.1 Å². The van der Waals surface area contributed by atoms with Gasteiger partial charge in [-0.3, -0.25) is 0 Å². The molecule has 2 saturated heterocycles. The molecule has 2 aliphatic heterocycles. The first-order valence-electron chi connectivity index (χ1n) is 16.5. The number of ether oxygens (including phenoxy) is 4. The lowest BCUT2D eigenvalue weighted by atomic mass is 9.91. The number of methoxy groups -OCH3 is 2. The fourth-order valence-electron chi connectivity index (χ4n) is 6.97. The van der Waals surface area contributed by atoms with Crippen LogP contribution >= 0.6 is 0 Å². The van der Waals surface area contributed by atoms with E-state index >= 15 is 4.79 Å². The highest BCUT2D eigenvalue weighted by Crippen LogP contribution is 2.40. The summed E-state index contributed by atoms with van der Waals surface area (Å²) in [7, 11) is 2.70. The van der Waals surface area contributed by atoms with Crippen molar-refractivity contribution >= 4 is 18.0 Å². The average Bonchev–Trinajstić information content (AvgIpc) is 3.42. The summed E-state index contributed by atoms with van der Waals surface area (Å²) >= 11 is 0. The molecule has 0 saturated carbocycles. The Hall–Kier alpha value is -4.99. The third-order valence-corrected chi connectivity index (χ3v) is 9.19. The fraction of sp³-hybridized carbons (Fsp3) is 0.325. The summed E-state index contributed by atoms with van der Waals surface area (Å²) in [4.78, 5) is 44.0. The molecule has 6 rings (SSSR count). The first-order chi connectivity index (χ1) is 23.7. The molecule has 254 valence electrons. The van der Waals surface area contributed by atoms with Crippen LogP contribution in [0, 0.1) is 0 Å². The zero-order chi connectivity index (χ0) is 34.5. The van der Waals surface area contributed by atoms with Gasteiger partial charge in [-0.15, -0.1) is 0 Å². The molecule has 4 aromatic carbocycles. The summed E-state index contributed by atoms with van der Waals surface area (Å²) in [5.74, 6) is -1.81. The highest BCUT2D eigenvalue weighted by Gasteiger charge is 2.55. The second kappa shape index (κ2) is 14.6. The van der Waals surface area contributed by atoms with E-state index in [0.29, 0.717) is 24.0 Å². The molecule has 4 aromatic rings. The molecular formula is C40H42N2O7. The predicted molar refractivity (Wildman–Crippen MR) is 184 cm³/mol. The molecule has 2 amide bonds. The number of fused-ring (bicyclic) bond motifs is 1. The molecule has 49 heavy (non-hydrogen) atoms. The summed E-state index contributed by atoms with van der Waals surface area (Å²) < 4.78 is 23.5. The number of amides is 2. The third kappa shape index (κ3) is 7.69. The van der Waals surface area contributed by atoms with Crippen molar-refractivity contribution in [2.45, 2.75) is 69.9 Å². The van der Waals surface area contributed by atoms with Gasteiger partial charge in [0.1, 0.15) is 12.2 Å². The third-order valence-electron chi connectivity index (χ3n) is 9.19. The second-order valence-electron chi connectivity index (χ2n) is 13.0. The number of carbonyl (C=O) groups is 3. The van der Waals surface area contributed by atoms with Crippen molar-refractivity contribution in [1.82, 2.24) is 9.80 Å². The standard InChI is InChI=1S/C40H42N2O7/c1-40(2)48-35-33(23-27-13-7-5-8-14-27)41(25-29-17-11-19-31(21-29)37(43)46-3)39(45)42(26-30-18-12-20-32(22-30)38(44)47-4)34(36(35)49-40)24-28-15-9-6-10-16-28/h5-22,33-36H,23-26H2,1-4H3/t33-,34-,35+,36+/m1/s1. The Bertz CT molecular complexity index is 1650. The Morgan fingerprint density at radius 3 is 1.39 bits per heavy atom. The molecule has 9 nitrogen and oxygen atoms in total. The second-order valence-corrected chi connectivity index (χ2v) is 13.0. The van der Waals surface area contributed by atoms with Crippen LogP contribution < -0.4 is 0 Å². The van der Waals surface area contributed by atoms with Crippen LogP contribution in [0.15, 0.2) is 109 Å². The summed E-state index contributed by atoms with van der Waals surface area (Å²) in [6.45, 7) is 4.25. The molecule has 0 bridgehead atoms. The number of esters is 2. The number of rotatable bonds is 10. The van der Waals surface area contributed by atoms with Crippen molar-refractivity contribution in [3.8, 4) is 0 Å². The van der Waals surface area contributed by atoms with Crippen LogP contribution in [0.25, 0.3) is 0 Å². The monoisotopic (exact) mass is 662 g/mol. The minimum atomic E-state index is -0.910. The maximum Gasteiger partial charge on any atom is 0.337 e. The zero-order valence-corrected chi connectivity index (χ0v) is 28.3. The van der Waals surface area contributed by atoms with Crippen molar-refractivity contribution in [2.75, 3.05) is 14.2 Å². The quantitative estimate of drug-likeness (QED) is 0.181. The van der Waals surface area contributed by atoms with E-state index in [9.17, 15) is 9.59 Å². The van der Waals surface area contributed by atoms with E-state index in [1.54, 1.807) is 36.4 Å². The van der Waals surface area contributed by atoms with Gasteiger partial charge < -0.3 is 28.7 Å². The van der Waals surface area contributed by atoms with Crippen molar-refractivity contribution in [3.63, 3.8) is 0 Å². The number of hydrogen-bond donors (Lipinski definition) is 0. The minimum absolute atomic E-state index is 0.201. The van der Waals surface area contributed by atoms with Crippen LogP contribution in [0.2, 0.25) is 0 Å². The Morgan fingerprint density at radius 2 is 1.00 bits per heavy atom. The van der Waals surface area contributed by atoms with Gasteiger partial charge in [-0.1, -0.05) is 84.9 Å². The topological polar surface area (TPSA) is 94.6 Å². The van der Waals surface area contributed by atoms with E-state index in [1.165, 1.54) is 14.2 Å². The summed E-state index contributed by atoms with van der Waals surface area (Å²) in [5.41, 5.74) is 4.47. The Balaban J connectivity index is 1.49. The van der Waals surface area contributed by atoms with Crippen LogP contribution in [0.5, 0.6) is 0 Å². The predicted octanol–water partition coefficient (Wildman–Crippen LogP) is 6.44. The van der Waals surface area contributed by atoms with E-state index in [4.69, 9.17) is 18.9 Å². The highest BCUT2D eigenvalue weighted by molar-refractivity contribution is 5.90. The van der Waals surface area contributed by atoms with Gasteiger partial charge in [0.15, 0.2) is 5.79 Å². The summed E-state index contributed by atoms with van der Waals surface area (Å²) in [6, 6.07) is 33.4. The largest absolute Gasteiger partial charge is 0.465 e. The van der Waals surface area contributed by atoms with Crippen LogP contribution in [-0.2, 0) is 44.9 Å². The van der Waals surface area contributed by atoms with Gasteiger partial charge in [0.05, 0.1) is 37.4 Å². The highest BCUT2D eigenvalue weighted by atomic mass is 16.8. The lowest BCUT2D eigenvalue weighted by Gasteiger charge is -2.37. The molecule has 2 aliphatic rings. The van der Waals surface area contributed by atoms with Gasteiger partial charge in [-0.25, -0.2) is 14.4 Å². The van der Waals surface area contributed by atoms with Crippen molar-refractivity contribution in [2.24, 2.45) is 0 Å². The fourth-order valence-corrected chi connectivity index (χ4v) is 6.97. The van der Waals surface area contributed by atoms with E-state index < -0.39 is 42.0 Å². The number of carbonyl (C=O) groups excluding carboxylic acids is 3. The van der Waals surface area contributed by atoms with Gasteiger partial charge >= 0.3 is 18.0 Å². The van der Waals surface area contributed by atoms with E-state index in [0.717, 1.165) is 22.3 Å². The van der Waals surface area contributed by atoms with Gasteiger partial charge in [-0.2, -0.15) is 0 Å². The first-order valence-corrected chi connectivity index (χ1v) is 16.5. The SMILES string of the molecule is COC(=O)c1cccc(CN2C(=O)N(Cc3cccc(C(=O)OC)c3)[C@H](Cc3ccccc3)[C@@H]3OC(C)(C)O[C@H]3[C@H]2Cc2ccccc2)c1. The molecule has 2 fully saturated rings. The molecule has 0 spiro atoms. The number of urea groups is 1. The molecular weight excluding hydrogens is 620 g/mol. The molecule has 2 heterocycles.